The molecule has 0 aliphatic heterocycles. The first-order valence-electron chi connectivity index (χ1n) is 6.00. The number of carbonyl (C=O) groups is 1. The maximum Gasteiger partial charge on any atom is 0.319 e. The Morgan fingerprint density at radius 1 is 1.24 bits per heavy atom. The molecular formula is C14H22N2O. The summed E-state index contributed by atoms with van der Waals surface area (Å²) in [6.45, 7) is 10.2. The summed E-state index contributed by atoms with van der Waals surface area (Å²) >= 11 is 0. The largest absolute Gasteiger partial charge is 0.333 e. The maximum absolute atomic E-state index is 11.8. The molecule has 1 aromatic rings. The highest BCUT2D eigenvalue weighted by atomic mass is 16.2. The van der Waals surface area contributed by atoms with Gasteiger partial charge in [0.05, 0.1) is 0 Å². The van der Waals surface area contributed by atoms with E-state index < -0.39 is 0 Å². The Hall–Kier alpha value is -1.51. The van der Waals surface area contributed by atoms with Crippen LogP contribution in [-0.2, 0) is 0 Å². The van der Waals surface area contributed by atoms with Crippen molar-refractivity contribution in [3.05, 3.63) is 29.3 Å². The minimum Gasteiger partial charge on any atom is -0.333 e. The van der Waals surface area contributed by atoms with Crippen LogP contribution in [0.4, 0.5) is 10.5 Å². The summed E-state index contributed by atoms with van der Waals surface area (Å²) in [6.07, 6.45) is 0.896. The lowest BCUT2D eigenvalue weighted by atomic mass is 10.0. The predicted molar refractivity (Wildman–Crippen MR) is 72.4 cm³/mol. The van der Waals surface area contributed by atoms with Crippen LogP contribution in [0.15, 0.2) is 18.2 Å². The molecule has 0 radical (unpaired) electrons. The van der Waals surface area contributed by atoms with Crippen LogP contribution >= 0.6 is 0 Å². The molecule has 1 rings (SSSR count). The molecule has 0 aliphatic carbocycles. The van der Waals surface area contributed by atoms with Gasteiger partial charge in [-0.25, -0.2) is 4.79 Å². The van der Waals surface area contributed by atoms with Crippen molar-refractivity contribution in [1.82, 2.24) is 5.32 Å². The number of hydrogen-bond donors (Lipinski definition) is 2. The number of benzene rings is 1. The van der Waals surface area contributed by atoms with Crippen LogP contribution in [-0.4, -0.2) is 11.6 Å². The minimum absolute atomic E-state index is 0.153. The van der Waals surface area contributed by atoms with Crippen molar-refractivity contribution >= 4 is 11.7 Å². The number of aryl methyl sites for hydroxylation is 2. The van der Waals surface area contributed by atoms with Crippen LogP contribution in [0.2, 0.25) is 0 Å². The first kappa shape index (κ1) is 13.6. The van der Waals surface area contributed by atoms with Gasteiger partial charge in [-0.05, 0) is 57.4 Å². The molecule has 3 heteroatoms. The zero-order chi connectivity index (χ0) is 13.1. The maximum atomic E-state index is 11.8. The van der Waals surface area contributed by atoms with Gasteiger partial charge in [0.1, 0.15) is 0 Å². The molecular weight excluding hydrogens is 212 g/mol. The lowest BCUT2D eigenvalue weighted by Crippen LogP contribution is -2.45. The van der Waals surface area contributed by atoms with Crippen molar-refractivity contribution in [3.8, 4) is 0 Å². The highest BCUT2D eigenvalue weighted by molar-refractivity contribution is 5.89. The number of anilines is 1. The topological polar surface area (TPSA) is 41.1 Å². The van der Waals surface area contributed by atoms with Gasteiger partial charge in [-0.1, -0.05) is 13.0 Å². The Morgan fingerprint density at radius 3 is 2.41 bits per heavy atom. The van der Waals surface area contributed by atoms with Gasteiger partial charge in [-0.3, -0.25) is 0 Å². The second-order valence-electron chi connectivity index (χ2n) is 5.12. The SMILES string of the molecule is CCC(C)(C)NC(=O)Nc1ccc(C)c(C)c1. The summed E-state index contributed by atoms with van der Waals surface area (Å²) in [6, 6.07) is 5.75. The molecule has 0 atom stereocenters. The normalized spacial score (nSPS) is 11.1. The van der Waals surface area contributed by atoms with E-state index in [2.05, 4.69) is 24.5 Å². The molecule has 0 unspecified atom stereocenters. The van der Waals surface area contributed by atoms with E-state index in [-0.39, 0.29) is 11.6 Å². The fourth-order valence-corrected chi connectivity index (χ4v) is 1.38. The van der Waals surface area contributed by atoms with Crippen molar-refractivity contribution in [1.29, 1.82) is 0 Å². The van der Waals surface area contributed by atoms with Crippen LogP contribution in [0, 0.1) is 13.8 Å². The number of hydrogen-bond acceptors (Lipinski definition) is 1. The third kappa shape index (κ3) is 4.10. The van der Waals surface area contributed by atoms with E-state index in [0.29, 0.717) is 0 Å². The summed E-state index contributed by atoms with van der Waals surface area (Å²) in [7, 11) is 0. The van der Waals surface area contributed by atoms with Crippen LogP contribution in [0.1, 0.15) is 38.3 Å². The van der Waals surface area contributed by atoms with E-state index in [1.807, 2.05) is 39.0 Å². The van der Waals surface area contributed by atoms with Gasteiger partial charge in [0.15, 0.2) is 0 Å². The Balaban J connectivity index is 2.65. The van der Waals surface area contributed by atoms with Crippen LogP contribution in [0.25, 0.3) is 0 Å². The van der Waals surface area contributed by atoms with Gasteiger partial charge in [-0.2, -0.15) is 0 Å². The van der Waals surface area contributed by atoms with Gasteiger partial charge < -0.3 is 10.6 Å². The van der Waals surface area contributed by atoms with Gasteiger partial charge in [0.2, 0.25) is 0 Å². The molecule has 0 saturated heterocycles. The quantitative estimate of drug-likeness (QED) is 0.824. The first-order valence-corrected chi connectivity index (χ1v) is 6.00. The van der Waals surface area contributed by atoms with Gasteiger partial charge >= 0.3 is 6.03 Å². The van der Waals surface area contributed by atoms with Crippen molar-refractivity contribution in [2.75, 3.05) is 5.32 Å². The van der Waals surface area contributed by atoms with Crippen molar-refractivity contribution < 1.29 is 4.79 Å². The number of rotatable bonds is 3. The Kier molecular flexibility index (Phi) is 4.16. The van der Waals surface area contributed by atoms with E-state index in [9.17, 15) is 4.79 Å². The lowest BCUT2D eigenvalue weighted by molar-refractivity contribution is 0.240. The third-order valence-corrected chi connectivity index (χ3v) is 3.10. The van der Waals surface area contributed by atoms with Gasteiger partial charge in [-0.15, -0.1) is 0 Å². The number of amides is 2. The van der Waals surface area contributed by atoms with Crippen molar-refractivity contribution in [2.45, 2.75) is 46.6 Å². The van der Waals surface area contributed by atoms with E-state index in [0.717, 1.165) is 12.1 Å². The van der Waals surface area contributed by atoms with E-state index >= 15 is 0 Å². The summed E-state index contributed by atoms with van der Waals surface area (Å²) < 4.78 is 0. The average molecular weight is 234 g/mol. The molecule has 0 fully saturated rings. The number of carbonyl (C=O) groups excluding carboxylic acids is 1. The van der Waals surface area contributed by atoms with Gasteiger partial charge in [0, 0.05) is 11.2 Å². The molecule has 94 valence electrons. The highest BCUT2D eigenvalue weighted by Crippen LogP contribution is 2.14. The van der Waals surface area contributed by atoms with E-state index in [1.165, 1.54) is 11.1 Å². The molecule has 2 N–H and O–H groups in total. The predicted octanol–water partition coefficient (Wildman–Crippen LogP) is 3.61. The van der Waals surface area contributed by atoms with Crippen LogP contribution < -0.4 is 10.6 Å². The molecule has 0 bridgehead atoms. The van der Waals surface area contributed by atoms with Crippen LogP contribution in [0.5, 0.6) is 0 Å². The standard InChI is InChI=1S/C14H22N2O/c1-6-14(4,5)16-13(17)15-12-8-7-10(2)11(3)9-12/h7-9H,6H2,1-5H3,(H2,15,16,17). The van der Waals surface area contributed by atoms with Crippen molar-refractivity contribution in [3.63, 3.8) is 0 Å². The summed E-state index contributed by atoms with van der Waals surface area (Å²) in [5.74, 6) is 0. The molecule has 17 heavy (non-hydrogen) atoms. The van der Waals surface area contributed by atoms with E-state index in [4.69, 9.17) is 0 Å². The molecule has 3 nitrogen and oxygen atoms in total. The lowest BCUT2D eigenvalue weighted by Gasteiger charge is -2.24. The average Bonchev–Trinajstić information content (AvgIpc) is 2.23. The zero-order valence-electron chi connectivity index (χ0n) is 11.3. The monoisotopic (exact) mass is 234 g/mol. The summed E-state index contributed by atoms with van der Waals surface area (Å²) in [4.78, 5) is 11.8. The molecule has 0 heterocycles. The Bertz CT molecular complexity index is 411. The molecule has 1 aromatic carbocycles. The fourth-order valence-electron chi connectivity index (χ4n) is 1.38. The Labute approximate surface area is 104 Å². The highest BCUT2D eigenvalue weighted by Gasteiger charge is 2.17. The second-order valence-corrected chi connectivity index (χ2v) is 5.12. The molecule has 0 saturated carbocycles. The van der Waals surface area contributed by atoms with Crippen molar-refractivity contribution in [2.24, 2.45) is 0 Å². The minimum atomic E-state index is -0.177. The fraction of sp³-hybridized carbons (Fsp3) is 0.500. The molecule has 0 aromatic heterocycles. The number of nitrogens with one attached hydrogen (secondary N) is 2. The summed E-state index contributed by atoms with van der Waals surface area (Å²) in [5.41, 5.74) is 3.06. The van der Waals surface area contributed by atoms with E-state index in [1.54, 1.807) is 0 Å². The van der Waals surface area contributed by atoms with Crippen LogP contribution in [0.3, 0.4) is 0 Å². The molecule has 0 spiro atoms. The molecule has 0 aliphatic rings. The first-order chi connectivity index (χ1) is 7.84. The summed E-state index contributed by atoms with van der Waals surface area (Å²) in [5, 5.41) is 5.79. The second kappa shape index (κ2) is 5.21. The Morgan fingerprint density at radius 2 is 1.88 bits per heavy atom. The third-order valence-electron chi connectivity index (χ3n) is 3.10. The van der Waals surface area contributed by atoms with Gasteiger partial charge in [0.25, 0.3) is 0 Å². The number of urea groups is 1. The molecule has 2 amide bonds. The zero-order valence-corrected chi connectivity index (χ0v) is 11.3. The smallest absolute Gasteiger partial charge is 0.319 e.